The van der Waals surface area contributed by atoms with Gasteiger partial charge in [0.1, 0.15) is 0 Å². The van der Waals surface area contributed by atoms with Gasteiger partial charge in [-0.2, -0.15) is 13.2 Å². The molecule has 0 saturated heterocycles. The van der Waals surface area contributed by atoms with E-state index in [1.54, 1.807) is 0 Å². The number of hydrogen-bond donors (Lipinski definition) is 0. The van der Waals surface area contributed by atoms with Gasteiger partial charge < -0.3 is 4.55 Å². The van der Waals surface area contributed by atoms with Crippen LogP contribution in [0, 0.1) is 0 Å². The van der Waals surface area contributed by atoms with E-state index in [4.69, 9.17) is 13.0 Å². The largest absolute Gasteiger partial charge is 0.741 e. The Morgan fingerprint density at radius 2 is 1.67 bits per heavy atom. The molecule has 110 valence electrons. The molecule has 0 rings (SSSR count). The Kier molecular flexibility index (Phi) is 9.75. The number of alkyl halides is 3. The third kappa shape index (κ3) is 12.2. The number of carbonyl (C=O) groups excluding carboxylic acids is 1. The number of ketones is 1. The summed E-state index contributed by atoms with van der Waals surface area (Å²) in [6.45, 7) is 2.12. The van der Waals surface area contributed by atoms with Crippen molar-refractivity contribution >= 4 is 26.8 Å². The van der Waals surface area contributed by atoms with E-state index in [0.29, 0.717) is 16.7 Å². The van der Waals surface area contributed by atoms with Crippen molar-refractivity contribution in [3.8, 4) is 0 Å². The normalized spacial score (nSPS) is 12.0. The molecule has 0 unspecified atom stereocenters. The summed E-state index contributed by atoms with van der Waals surface area (Å²) in [6.07, 6.45) is 7.22. The smallest absolute Gasteiger partial charge is 0.485 e. The second-order valence-corrected chi connectivity index (χ2v) is 7.30. The fourth-order valence-corrected chi connectivity index (χ4v) is 1.56. The molecule has 0 heterocycles. The van der Waals surface area contributed by atoms with Gasteiger partial charge in [-0.15, -0.1) is 0 Å². The molecule has 0 fully saturated rings. The summed E-state index contributed by atoms with van der Waals surface area (Å²) in [4.78, 5) is 11.0. The van der Waals surface area contributed by atoms with Crippen LogP contribution in [0.4, 0.5) is 13.2 Å². The number of hydrogen-bond acceptors (Lipinski definition) is 4. The number of carbonyl (C=O) groups is 1. The summed E-state index contributed by atoms with van der Waals surface area (Å²) in [7, 11) is -5.79. The lowest BCUT2D eigenvalue weighted by Gasteiger charge is -2.08. The fraction of sp³-hybridized carbons (Fsp3) is 0.889. The van der Waals surface area contributed by atoms with Crippen LogP contribution in [0.3, 0.4) is 0 Å². The van der Waals surface area contributed by atoms with E-state index in [9.17, 15) is 18.0 Å². The molecule has 18 heavy (non-hydrogen) atoms. The Morgan fingerprint density at radius 3 is 1.89 bits per heavy atom. The van der Waals surface area contributed by atoms with Gasteiger partial charge in [-0.25, -0.2) is 8.42 Å². The minimum absolute atomic E-state index is 0.301. The van der Waals surface area contributed by atoms with Crippen LogP contribution in [0.15, 0.2) is 0 Å². The predicted molar refractivity (Wildman–Crippen MR) is 64.4 cm³/mol. The molecule has 0 bridgehead atoms. The zero-order chi connectivity index (χ0) is 15.0. The second-order valence-electron chi connectivity index (χ2n) is 3.67. The van der Waals surface area contributed by atoms with Gasteiger partial charge in [0.2, 0.25) is 0 Å². The van der Waals surface area contributed by atoms with Crippen molar-refractivity contribution < 1.29 is 30.9 Å². The van der Waals surface area contributed by atoms with Gasteiger partial charge in [0.25, 0.3) is 0 Å². The first kappa shape index (κ1) is 20.0. The molecule has 4 nitrogen and oxygen atoms in total. The molecular formula is C9H17F3O4S2. The summed E-state index contributed by atoms with van der Waals surface area (Å²) in [5.41, 5.74) is -5.65. The Morgan fingerprint density at radius 1 is 1.28 bits per heavy atom. The fourth-order valence-electron chi connectivity index (χ4n) is 0.768. The number of rotatable bonds is 5. The van der Waals surface area contributed by atoms with Crippen molar-refractivity contribution in [3.05, 3.63) is 0 Å². The van der Waals surface area contributed by atoms with Crippen LogP contribution in [0.2, 0.25) is 0 Å². The monoisotopic (exact) mass is 310 g/mol. The van der Waals surface area contributed by atoms with Crippen LogP contribution >= 0.6 is 0 Å². The van der Waals surface area contributed by atoms with Gasteiger partial charge >= 0.3 is 5.51 Å². The molecule has 0 aliphatic carbocycles. The highest BCUT2D eigenvalue weighted by Gasteiger charge is 2.36. The Labute approximate surface area is 108 Å². The van der Waals surface area contributed by atoms with Gasteiger partial charge in [-0.3, -0.25) is 4.79 Å². The maximum Gasteiger partial charge on any atom is 0.485 e. The molecule has 0 aliphatic rings. The molecule has 0 aromatic rings. The van der Waals surface area contributed by atoms with E-state index in [1.807, 2.05) is 0 Å². The first-order valence-electron chi connectivity index (χ1n) is 4.99. The minimum atomic E-state index is -6.09. The van der Waals surface area contributed by atoms with E-state index in [2.05, 4.69) is 19.4 Å². The van der Waals surface area contributed by atoms with Crippen LogP contribution in [-0.2, 0) is 25.8 Å². The SMILES string of the molecule is CCCCC(=O)C[S+](C)C.O=S(=O)([O-])C(F)(F)F. The van der Waals surface area contributed by atoms with Crippen LogP contribution in [-0.4, -0.2) is 42.5 Å². The predicted octanol–water partition coefficient (Wildman–Crippen LogP) is 1.68. The average Bonchev–Trinajstić information content (AvgIpc) is 2.11. The lowest BCUT2D eigenvalue weighted by molar-refractivity contribution is -0.116. The summed E-state index contributed by atoms with van der Waals surface area (Å²) >= 11 is 0. The first-order valence-corrected chi connectivity index (χ1v) is 8.61. The van der Waals surface area contributed by atoms with E-state index >= 15 is 0 Å². The Bertz CT molecular complexity index is 336. The van der Waals surface area contributed by atoms with Crippen LogP contribution in [0.1, 0.15) is 26.2 Å². The Hall–Kier alpha value is -0.280. The molecule has 0 amide bonds. The van der Waals surface area contributed by atoms with E-state index in [0.717, 1.165) is 25.0 Å². The number of unbranched alkanes of at least 4 members (excludes halogenated alkanes) is 1. The van der Waals surface area contributed by atoms with Crippen LogP contribution < -0.4 is 0 Å². The third-order valence-electron chi connectivity index (χ3n) is 1.54. The molecule has 0 radical (unpaired) electrons. The molecule has 0 aromatic carbocycles. The van der Waals surface area contributed by atoms with Crippen molar-refractivity contribution in [1.29, 1.82) is 0 Å². The maximum absolute atomic E-state index is 11.0. The van der Waals surface area contributed by atoms with Crippen molar-refractivity contribution in [3.63, 3.8) is 0 Å². The highest BCUT2D eigenvalue weighted by molar-refractivity contribution is 7.96. The number of Topliss-reactive ketones (excluding diaryl/α,β-unsaturated/α-hetero) is 1. The van der Waals surface area contributed by atoms with Gasteiger partial charge in [0, 0.05) is 6.42 Å². The lowest BCUT2D eigenvalue weighted by atomic mass is 10.2. The molecule has 0 spiro atoms. The molecule has 0 aliphatic heterocycles. The van der Waals surface area contributed by atoms with Crippen LogP contribution in [0.25, 0.3) is 0 Å². The molecule has 0 atom stereocenters. The van der Waals surface area contributed by atoms with Crippen LogP contribution in [0.5, 0.6) is 0 Å². The van der Waals surface area contributed by atoms with Crippen molar-refractivity contribution in [1.82, 2.24) is 0 Å². The summed E-state index contributed by atoms with van der Waals surface area (Å²) in [6, 6.07) is 0. The molecule has 0 saturated carbocycles. The zero-order valence-electron chi connectivity index (χ0n) is 10.4. The van der Waals surface area contributed by atoms with Crippen molar-refractivity contribution in [2.45, 2.75) is 31.7 Å². The first-order chi connectivity index (χ1) is 7.91. The van der Waals surface area contributed by atoms with E-state index in [1.165, 1.54) is 0 Å². The molecular weight excluding hydrogens is 293 g/mol. The zero-order valence-corrected chi connectivity index (χ0v) is 12.0. The minimum Gasteiger partial charge on any atom is -0.741 e. The molecule has 9 heteroatoms. The van der Waals surface area contributed by atoms with Crippen molar-refractivity contribution in [2.75, 3.05) is 18.3 Å². The summed E-state index contributed by atoms with van der Waals surface area (Å²) < 4.78 is 58.9. The van der Waals surface area contributed by atoms with Gasteiger partial charge in [-0.1, -0.05) is 13.3 Å². The highest BCUT2D eigenvalue weighted by Crippen LogP contribution is 2.20. The highest BCUT2D eigenvalue weighted by atomic mass is 32.2. The maximum atomic E-state index is 11.0. The standard InChI is InChI=1S/C8H17OS.CHF3O3S/c1-4-5-6-8(9)7-10(2)3;2-1(3,4)8(5,6)7/h4-7H2,1-3H3;(H,5,6,7)/q+1;/p-1. The Balaban J connectivity index is 0. The average molecular weight is 310 g/mol. The molecule has 0 aromatic heterocycles. The quantitative estimate of drug-likeness (QED) is 0.440. The molecule has 0 N–H and O–H groups in total. The summed E-state index contributed by atoms with van der Waals surface area (Å²) in [5.74, 6) is 1.23. The van der Waals surface area contributed by atoms with Gasteiger partial charge in [0.05, 0.1) is 12.5 Å². The number of halogens is 3. The van der Waals surface area contributed by atoms with E-state index < -0.39 is 15.6 Å². The van der Waals surface area contributed by atoms with Gasteiger partial charge in [0.15, 0.2) is 21.7 Å². The van der Waals surface area contributed by atoms with Crippen molar-refractivity contribution in [2.24, 2.45) is 0 Å². The van der Waals surface area contributed by atoms with Gasteiger partial charge in [-0.05, 0) is 17.3 Å². The van der Waals surface area contributed by atoms with E-state index in [-0.39, 0.29) is 0 Å². The summed E-state index contributed by atoms with van der Waals surface area (Å²) in [5, 5.41) is 0. The third-order valence-corrected chi connectivity index (χ3v) is 3.01. The topological polar surface area (TPSA) is 74.3 Å². The second kappa shape index (κ2) is 8.76. The lowest BCUT2D eigenvalue weighted by Crippen LogP contribution is -2.21.